The molecule has 222 valence electrons. The number of pyridine rings is 1. The van der Waals surface area contributed by atoms with Gasteiger partial charge in [0.05, 0.1) is 35.4 Å². The van der Waals surface area contributed by atoms with Crippen molar-refractivity contribution >= 4 is 39.8 Å². The second-order valence-corrected chi connectivity index (χ2v) is 11.1. The molecule has 0 bridgehead atoms. The van der Waals surface area contributed by atoms with Crippen molar-refractivity contribution < 1.29 is 9.53 Å². The normalized spacial score (nSPS) is 16.7. The van der Waals surface area contributed by atoms with Crippen molar-refractivity contribution in [1.29, 1.82) is 0 Å². The molecule has 0 atom stereocenters. The van der Waals surface area contributed by atoms with Gasteiger partial charge in [-0.05, 0) is 50.2 Å². The van der Waals surface area contributed by atoms with E-state index in [1.165, 1.54) is 6.08 Å². The van der Waals surface area contributed by atoms with E-state index in [1.54, 1.807) is 13.3 Å². The Balaban J connectivity index is 1.25. The number of piperazine rings is 1. The van der Waals surface area contributed by atoms with Gasteiger partial charge in [-0.1, -0.05) is 24.8 Å². The number of aromatic nitrogens is 3. The van der Waals surface area contributed by atoms with Gasteiger partial charge >= 0.3 is 0 Å². The lowest BCUT2D eigenvalue weighted by Gasteiger charge is -2.43. The molecule has 2 aromatic heterocycles. The second kappa shape index (κ2) is 12.8. The zero-order chi connectivity index (χ0) is 29.8. The maximum atomic E-state index is 12.5. The zero-order valence-electron chi connectivity index (χ0n) is 24.8. The Kier molecular flexibility index (Phi) is 8.48. The zero-order valence-corrected chi connectivity index (χ0v) is 24.8. The third-order valence-corrected chi connectivity index (χ3v) is 8.41. The van der Waals surface area contributed by atoms with E-state index in [4.69, 9.17) is 9.72 Å². The fourth-order valence-corrected chi connectivity index (χ4v) is 5.95. The number of hydrogen-bond donors (Lipinski definition) is 2. The fourth-order valence-electron chi connectivity index (χ4n) is 5.95. The van der Waals surface area contributed by atoms with E-state index in [0.717, 1.165) is 80.0 Å². The van der Waals surface area contributed by atoms with Crippen LogP contribution in [0.4, 0.5) is 23.0 Å². The number of carbonyl (C=O) groups is 1. The molecule has 4 aromatic rings. The van der Waals surface area contributed by atoms with Crippen molar-refractivity contribution in [3.8, 4) is 17.0 Å². The Morgan fingerprint density at radius 3 is 2.56 bits per heavy atom. The Morgan fingerprint density at radius 2 is 1.79 bits per heavy atom. The molecule has 2 N–H and O–H groups in total. The van der Waals surface area contributed by atoms with E-state index in [1.807, 2.05) is 48.7 Å². The molecule has 2 aromatic carbocycles. The molecular formula is C33H38N8O2. The largest absolute Gasteiger partial charge is 0.494 e. The Morgan fingerprint density at radius 1 is 1.00 bits per heavy atom. The molecule has 2 fully saturated rings. The van der Waals surface area contributed by atoms with Crippen LogP contribution in [-0.4, -0.2) is 90.1 Å². The number of carbonyl (C=O) groups excluding carboxylic acids is 1. The number of methoxy groups -OCH3 is 1. The molecule has 0 radical (unpaired) electrons. The Hall–Kier alpha value is -4.54. The first-order valence-electron chi connectivity index (χ1n) is 14.8. The lowest BCUT2D eigenvalue weighted by molar-refractivity contribution is -0.111. The van der Waals surface area contributed by atoms with Crippen molar-refractivity contribution in [3.05, 3.63) is 73.6 Å². The number of benzene rings is 2. The van der Waals surface area contributed by atoms with E-state index < -0.39 is 0 Å². The number of rotatable bonds is 8. The molecule has 4 heterocycles. The van der Waals surface area contributed by atoms with Gasteiger partial charge in [-0.3, -0.25) is 14.7 Å². The fraction of sp³-hybridized carbons (Fsp3) is 0.333. The molecule has 10 nitrogen and oxygen atoms in total. The van der Waals surface area contributed by atoms with Crippen molar-refractivity contribution in [2.45, 2.75) is 18.9 Å². The van der Waals surface area contributed by atoms with Gasteiger partial charge in [0.1, 0.15) is 5.75 Å². The molecule has 43 heavy (non-hydrogen) atoms. The smallest absolute Gasteiger partial charge is 0.247 e. The third-order valence-electron chi connectivity index (χ3n) is 8.41. The molecule has 2 saturated heterocycles. The summed E-state index contributed by atoms with van der Waals surface area (Å²) >= 11 is 0. The first kappa shape index (κ1) is 28.6. The predicted octanol–water partition coefficient (Wildman–Crippen LogP) is 4.78. The van der Waals surface area contributed by atoms with Gasteiger partial charge in [-0.15, -0.1) is 0 Å². The van der Waals surface area contributed by atoms with E-state index in [0.29, 0.717) is 29.1 Å². The Labute approximate surface area is 252 Å². The van der Waals surface area contributed by atoms with Crippen LogP contribution in [0.1, 0.15) is 12.8 Å². The van der Waals surface area contributed by atoms with Crippen LogP contribution >= 0.6 is 0 Å². The molecule has 6 rings (SSSR count). The molecule has 2 aliphatic rings. The number of likely N-dealkylation sites (N-methyl/N-ethyl adjacent to an activating group) is 1. The number of nitrogens with zero attached hydrogens (tertiary/aromatic N) is 6. The van der Waals surface area contributed by atoms with Crippen molar-refractivity contribution in [2.75, 3.05) is 69.0 Å². The predicted molar refractivity (Wildman–Crippen MR) is 172 cm³/mol. The molecule has 0 unspecified atom stereocenters. The lowest BCUT2D eigenvalue weighted by atomic mass is 10.0. The molecular weight excluding hydrogens is 540 g/mol. The maximum absolute atomic E-state index is 12.5. The molecule has 10 heteroatoms. The lowest BCUT2D eigenvalue weighted by Crippen LogP contribution is -2.52. The molecule has 2 aliphatic heterocycles. The van der Waals surface area contributed by atoms with Crippen LogP contribution in [0.3, 0.4) is 0 Å². The average molecular weight is 579 g/mol. The number of nitrogens with one attached hydrogen (secondary N) is 2. The summed E-state index contributed by atoms with van der Waals surface area (Å²) in [7, 11) is 3.83. The van der Waals surface area contributed by atoms with E-state index in [9.17, 15) is 4.79 Å². The summed E-state index contributed by atoms with van der Waals surface area (Å²) in [6, 6.07) is 16.4. The number of ether oxygens (including phenoxy) is 1. The quantitative estimate of drug-likeness (QED) is 0.286. The SMILES string of the molecule is C=CC(=O)Nc1cc(Nc2nccc(-c3cnc4ccccc4c3)n2)c(OC)cc1N1CCC(N2CCN(C)CC2)CC1. The van der Waals surface area contributed by atoms with Crippen LogP contribution < -0.4 is 20.3 Å². The molecule has 0 saturated carbocycles. The van der Waals surface area contributed by atoms with Gasteiger partial charge < -0.3 is 25.2 Å². The van der Waals surface area contributed by atoms with Crippen molar-refractivity contribution in [2.24, 2.45) is 0 Å². The molecule has 0 spiro atoms. The maximum Gasteiger partial charge on any atom is 0.247 e. The summed E-state index contributed by atoms with van der Waals surface area (Å²) in [4.78, 5) is 33.6. The summed E-state index contributed by atoms with van der Waals surface area (Å²) in [5, 5.41) is 7.36. The van der Waals surface area contributed by atoms with Crippen molar-refractivity contribution in [1.82, 2.24) is 24.8 Å². The number of fused-ring (bicyclic) bond motifs is 1. The van der Waals surface area contributed by atoms with Gasteiger partial charge in [-0.25, -0.2) is 9.97 Å². The number of amides is 1. The van der Waals surface area contributed by atoms with Gasteiger partial charge in [-0.2, -0.15) is 0 Å². The average Bonchev–Trinajstić information content (AvgIpc) is 3.05. The summed E-state index contributed by atoms with van der Waals surface area (Å²) < 4.78 is 5.82. The van der Waals surface area contributed by atoms with Crippen LogP contribution in [0, 0.1) is 0 Å². The van der Waals surface area contributed by atoms with Crippen LogP contribution in [0.15, 0.2) is 73.6 Å². The topological polar surface area (TPSA) is 98.7 Å². The highest BCUT2D eigenvalue weighted by Gasteiger charge is 2.28. The van der Waals surface area contributed by atoms with Crippen molar-refractivity contribution in [3.63, 3.8) is 0 Å². The summed E-state index contributed by atoms with van der Waals surface area (Å²) in [6.07, 6.45) is 6.96. The van der Waals surface area contributed by atoms with Gasteiger partial charge in [0.25, 0.3) is 0 Å². The number of piperidine rings is 1. The number of anilines is 4. The first-order valence-corrected chi connectivity index (χ1v) is 14.8. The third kappa shape index (κ3) is 6.45. The van der Waals surface area contributed by atoms with Crippen LogP contribution in [0.2, 0.25) is 0 Å². The van der Waals surface area contributed by atoms with Gasteiger partial charge in [0.2, 0.25) is 11.9 Å². The summed E-state index contributed by atoms with van der Waals surface area (Å²) in [5.74, 6) is 0.770. The van der Waals surface area contributed by atoms with Crippen LogP contribution in [0.5, 0.6) is 5.75 Å². The highest BCUT2D eigenvalue weighted by Crippen LogP contribution is 2.39. The van der Waals surface area contributed by atoms with Crippen LogP contribution in [-0.2, 0) is 4.79 Å². The minimum atomic E-state index is -0.272. The van der Waals surface area contributed by atoms with Crippen LogP contribution in [0.25, 0.3) is 22.2 Å². The summed E-state index contributed by atoms with van der Waals surface area (Å²) in [5.41, 5.74) is 4.82. The highest BCUT2D eigenvalue weighted by molar-refractivity contribution is 6.02. The van der Waals surface area contributed by atoms with E-state index >= 15 is 0 Å². The Bertz CT molecular complexity index is 1610. The van der Waals surface area contributed by atoms with Gasteiger partial charge in [0, 0.05) is 74.7 Å². The minimum absolute atomic E-state index is 0.272. The van der Waals surface area contributed by atoms with E-state index in [2.05, 4.69) is 55.0 Å². The molecule has 1 amide bonds. The summed E-state index contributed by atoms with van der Waals surface area (Å²) in [6.45, 7) is 9.93. The molecule has 0 aliphatic carbocycles. The second-order valence-electron chi connectivity index (χ2n) is 11.1. The minimum Gasteiger partial charge on any atom is -0.494 e. The van der Waals surface area contributed by atoms with Gasteiger partial charge in [0.15, 0.2) is 0 Å². The number of para-hydroxylation sites is 1. The number of hydrogen-bond acceptors (Lipinski definition) is 9. The highest BCUT2D eigenvalue weighted by atomic mass is 16.5. The standard InChI is InChI=1S/C33H38N8O2/c1-4-32(42)36-28-20-29(38-33-34-12-9-27(37-33)24-19-23-7-5-6-8-26(23)35-22-24)31(43-3)21-30(28)41-13-10-25(11-14-41)40-17-15-39(2)16-18-40/h4-9,12,19-22,25H,1,10-11,13-18H2,2-3H3,(H,36,42)(H,34,37,38). The van der Waals surface area contributed by atoms with E-state index in [-0.39, 0.29) is 5.91 Å². The monoisotopic (exact) mass is 578 g/mol. The first-order chi connectivity index (χ1) is 21.0.